The Morgan fingerprint density at radius 3 is 3.13 bits per heavy atom. The number of aromatic nitrogens is 2. The molecule has 0 aliphatic carbocycles. The SMILES string of the molecule is CC1CNCCC1CCc1cnn(C)c1. The minimum atomic E-state index is 0.829. The zero-order chi connectivity index (χ0) is 10.7. The van der Waals surface area contributed by atoms with Gasteiger partial charge in [0.05, 0.1) is 6.20 Å². The molecular weight excluding hydrogens is 186 g/mol. The van der Waals surface area contributed by atoms with E-state index in [0.717, 1.165) is 11.8 Å². The molecule has 2 heterocycles. The summed E-state index contributed by atoms with van der Waals surface area (Å²) >= 11 is 0. The predicted molar refractivity (Wildman–Crippen MR) is 61.7 cm³/mol. The van der Waals surface area contributed by atoms with Gasteiger partial charge in [0.25, 0.3) is 0 Å². The number of nitrogens with one attached hydrogen (secondary N) is 1. The van der Waals surface area contributed by atoms with E-state index >= 15 is 0 Å². The molecule has 2 unspecified atom stereocenters. The van der Waals surface area contributed by atoms with Gasteiger partial charge in [-0.05, 0) is 49.8 Å². The van der Waals surface area contributed by atoms with Crippen molar-refractivity contribution in [3.8, 4) is 0 Å². The Balaban J connectivity index is 1.81. The highest BCUT2D eigenvalue weighted by molar-refractivity contribution is 5.03. The zero-order valence-electron chi connectivity index (χ0n) is 9.74. The maximum absolute atomic E-state index is 4.20. The molecule has 15 heavy (non-hydrogen) atoms. The lowest BCUT2D eigenvalue weighted by atomic mass is 9.84. The zero-order valence-corrected chi connectivity index (χ0v) is 9.74. The minimum absolute atomic E-state index is 0.829. The summed E-state index contributed by atoms with van der Waals surface area (Å²) in [6.07, 6.45) is 7.95. The van der Waals surface area contributed by atoms with Crippen molar-refractivity contribution in [2.24, 2.45) is 18.9 Å². The second kappa shape index (κ2) is 4.79. The van der Waals surface area contributed by atoms with E-state index in [1.54, 1.807) is 0 Å². The van der Waals surface area contributed by atoms with Crippen molar-refractivity contribution in [3.05, 3.63) is 18.0 Å². The lowest BCUT2D eigenvalue weighted by molar-refractivity contribution is 0.259. The van der Waals surface area contributed by atoms with Crippen LogP contribution in [0.1, 0.15) is 25.3 Å². The summed E-state index contributed by atoms with van der Waals surface area (Å²) in [5.74, 6) is 1.72. The van der Waals surface area contributed by atoms with Crippen LogP contribution in [-0.4, -0.2) is 22.9 Å². The average molecular weight is 207 g/mol. The van der Waals surface area contributed by atoms with E-state index in [1.165, 1.54) is 37.9 Å². The smallest absolute Gasteiger partial charge is 0.0521 e. The van der Waals surface area contributed by atoms with E-state index in [9.17, 15) is 0 Å². The fourth-order valence-corrected chi connectivity index (χ4v) is 2.45. The van der Waals surface area contributed by atoms with Gasteiger partial charge in [0.2, 0.25) is 0 Å². The third kappa shape index (κ3) is 2.81. The van der Waals surface area contributed by atoms with Gasteiger partial charge in [0.1, 0.15) is 0 Å². The fourth-order valence-electron chi connectivity index (χ4n) is 2.45. The lowest BCUT2D eigenvalue weighted by Crippen LogP contribution is -2.35. The maximum atomic E-state index is 4.20. The summed E-state index contributed by atoms with van der Waals surface area (Å²) in [7, 11) is 1.98. The van der Waals surface area contributed by atoms with E-state index in [4.69, 9.17) is 0 Å². The van der Waals surface area contributed by atoms with Crippen LogP contribution in [0.2, 0.25) is 0 Å². The first-order valence-corrected chi connectivity index (χ1v) is 5.94. The van der Waals surface area contributed by atoms with Crippen molar-refractivity contribution in [2.75, 3.05) is 13.1 Å². The van der Waals surface area contributed by atoms with Gasteiger partial charge in [0.15, 0.2) is 0 Å². The number of piperidine rings is 1. The number of nitrogens with zero attached hydrogens (tertiary/aromatic N) is 2. The molecule has 1 saturated heterocycles. The van der Waals surface area contributed by atoms with Crippen LogP contribution >= 0.6 is 0 Å². The van der Waals surface area contributed by atoms with Gasteiger partial charge < -0.3 is 5.32 Å². The van der Waals surface area contributed by atoms with E-state index < -0.39 is 0 Å². The summed E-state index contributed by atoms with van der Waals surface area (Å²) in [6.45, 7) is 4.75. The van der Waals surface area contributed by atoms with Crippen LogP contribution < -0.4 is 5.32 Å². The molecule has 1 aliphatic heterocycles. The number of rotatable bonds is 3. The molecule has 2 rings (SSSR count). The lowest BCUT2D eigenvalue weighted by Gasteiger charge is -2.29. The second-order valence-electron chi connectivity index (χ2n) is 4.79. The molecule has 1 aromatic heterocycles. The summed E-state index contributed by atoms with van der Waals surface area (Å²) in [5, 5.41) is 7.65. The first-order chi connectivity index (χ1) is 7.25. The van der Waals surface area contributed by atoms with Gasteiger partial charge in [0, 0.05) is 13.2 Å². The molecule has 84 valence electrons. The molecule has 1 fully saturated rings. The molecule has 0 radical (unpaired) electrons. The first kappa shape index (κ1) is 10.7. The van der Waals surface area contributed by atoms with E-state index in [2.05, 4.69) is 23.5 Å². The van der Waals surface area contributed by atoms with Gasteiger partial charge in [-0.3, -0.25) is 4.68 Å². The summed E-state index contributed by atoms with van der Waals surface area (Å²) in [4.78, 5) is 0. The Kier molecular flexibility index (Phi) is 3.41. The average Bonchev–Trinajstić information content (AvgIpc) is 2.63. The van der Waals surface area contributed by atoms with E-state index in [0.29, 0.717) is 0 Å². The first-order valence-electron chi connectivity index (χ1n) is 5.94. The Bertz CT molecular complexity index is 306. The fraction of sp³-hybridized carbons (Fsp3) is 0.750. The van der Waals surface area contributed by atoms with Gasteiger partial charge in [-0.15, -0.1) is 0 Å². The monoisotopic (exact) mass is 207 g/mol. The highest BCUT2D eigenvalue weighted by atomic mass is 15.2. The third-order valence-electron chi connectivity index (χ3n) is 3.53. The highest BCUT2D eigenvalue weighted by Crippen LogP contribution is 2.23. The summed E-state index contributed by atoms with van der Waals surface area (Å²) < 4.78 is 1.89. The quantitative estimate of drug-likeness (QED) is 0.816. The molecule has 1 N–H and O–H groups in total. The molecule has 1 aromatic rings. The molecule has 3 nitrogen and oxygen atoms in total. The van der Waals surface area contributed by atoms with Crippen LogP contribution in [0, 0.1) is 11.8 Å². The van der Waals surface area contributed by atoms with Crippen LogP contribution in [0.25, 0.3) is 0 Å². The Hall–Kier alpha value is -0.830. The largest absolute Gasteiger partial charge is 0.316 e. The Morgan fingerprint density at radius 2 is 2.47 bits per heavy atom. The van der Waals surface area contributed by atoms with Gasteiger partial charge >= 0.3 is 0 Å². The maximum Gasteiger partial charge on any atom is 0.0521 e. The molecule has 0 spiro atoms. The highest BCUT2D eigenvalue weighted by Gasteiger charge is 2.20. The standard InChI is InChI=1S/C12H21N3/c1-10-7-13-6-5-12(10)4-3-11-8-14-15(2)9-11/h8-10,12-13H,3-7H2,1-2H3. The van der Waals surface area contributed by atoms with Crippen molar-refractivity contribution < 1.29 is 0 Å². The van der Waals surface area contributed by atoms with E-state index in [-0.39, 0.29) is 0 Å². The molecule has 0 amide bonds. The Morgan fingerprint density at radius 1 is 1.60 bits per heavy atom. The van der Waals surface area contributed by atoms with Gasteiger partial charge in [-0.1, -0.05) is 6.92 Å². The third-order valence-corrected chi connectivity index (χ3v) is 3.53. The number of hydrogen-bond acceptors (Lipinski definition) is 2. The molecule has 2 atom stereocenters. The topological polar surface area (TPSA) is 29.9 Å². The number of hydrogen-bond donors (Lipinski definition) is 1. The van der Waals surface area contributed by atoms with Crippen molar-refractivity contribution in [1.82, 2.24) is 15.1 Å². The second-order valence-corrected chi connectivity index (χ2v) is 4.79. The molecule has 0 bridgehead atoms. The van der Waals surface area contributed by atoms with Crippen LogP contribution in [0.5, 0.6) is 0 Å². The van der Waals surface area contributed by atoms with Gasteiger partial charge in [-0.25, -0.2) is 0 Å². The van der Waals surface area contributed by atoms with Crippen molar-refractivity contribution in [3.63, 3.8) is 0 Å². The van der Waals surface area contributed by atoms with E-state index in [1.807, 2.05) is 17.9 Å². The minimum Gasteiger partial charge on any atom is -0.316 e. The predicted octanol–water partition coefficient (Wildman–Crippen LogP) is 1.60. The Labute approximate surface area is 91.9 Å². The van der Waals surface area contributed by atoms with Crippen molar-refractivity contribution >= 4 is 0 Å². The van der Waals surface area contributed by atoms with Crippen LogP contribution in [0.3, 0.4) is 0 Å². The van der Waals surface area contributed by atoms with Crippen LogP contribution in [0.15, 0.2) is 12.4 Å². The molecule has 0 saturated carbocycles. The van der Waals surface area contributed by atoms with Crippen molar-refractivity contribution in [1.29, 1.82) is 0 Å². The van der Waals surface area contributed by atoms with Crippen LogP contribution in [0.4, 0.5) is 0 Å². The molecule has 0 aromatic carbocycles. The molecule has 3 heteroatoms. The van der Waals surface area contributed by atoms with Crippen LogP contribution in [-0.2, 0) is 13.5 Å². The van der Waals surface area contributed by atoms with Crippen molar-refractivity contribution in [2.45, 2.75) is 26.2 Å². The normalized spacial score (nSPS) is 26.8. The summed E-state index contributed by atoms with van der Waals surface area (Å²) in [5.41, 5.74) is 1.38. The molecule has 1 aliphatic rings. The summed E-state index contributed by atoms with van der Waals surface area (Å²) in [6, 6.07) is 0. The molecular formula is C12H21N3. The number of aryl methyl sites for hydroxylation is 2. The van der Waals surface area contributed by atoms with Gasteiger partial charge in [-0.2, -0.15) is 5.10 Å².